The van der Waals surface area contributed by atoms with Crippen molar-refractivity contribution >= 4 is 28.9 Å². The molecule has 0 bridgehead atoms. The van der Waals surface area contributed by atoms with E-state index in [1.165, 1.54) is 19.3 Å². The van der Waals surface area contributed by atoms with Crippen molar-refractivity contribution in [1.29, 1.82) is 0 Å². The number of rotatable bonds is 6. The lowest BCUT2D eigenvalue weighted by atomic mass is 10.0. The molecule has 5 fully saturated rings. The molecule has 5 aliphatic rings. The Balaban J connectivity index is 0.911. The number of piperidine rings is 2. The van der Waals surface area contributed by atoms with Gasteiger partial charge in [-0.1, -0.05) is 12.1 Å². The number of carbonyl (C=O) groups excluding carboxylic acids is 3. The number of para-hydroxylation sites is 1. The third-order valence-electron chi connectivity index (χ3n) is 10.9. The van der Waals surface area contributed by atoms with Gasteiger partial charge in [-0.15, -0.1) is 0 Å². The summed E-state index contributed by atoms with van der Waals surface area (Å²) < 4.78 is 8.98. The van der Waals surface area contributed by atoms with Crippen molar-refractivity contribution in [2.24, 2.45) is 7.05 Å². The van der Waals surface area contributed by atoms with Gasteiger partial charge in [-0.25, -0.2) is 9.59 Å². The first-order valence-electron chi connectivity index (χ1n) is 16.5. The van der Waals surface area contributed by atoms with Crippen molar-refractivity contribution in [2.75, 3.05) is 52.4 Å². The second-order valence-corrected chi connectivity index (χ2v) is 13.3. The zero-order valence-corrected chi connectivity index (χ0v) is 25.8. The third-order valence-corrected chi connectivity index (χ3v) is 10.9. The first-order chi connectivity index (χ1) is 21.4. The van der Waals surface area contributed by atoms with Gasteiger partial charge in [0, 0.05) is 64.3 Å². The standard InChI is InChI=1S/C32H45N7O5/c1-34-29-22(4-2-6-26(29)39(31(34)42)27-9-10-28(40)33-30(27)41)20-35-14-11-23(12-15-35)36-16-18-37(19-17-36)32(43)44-21-25-8-7-24-5-3-13-38(24)25/h2,4,6,23-25,27H,3,5,7-21H2,1H3,(H,33,40,41)/t24?,25-,27?/m0/s1. The molecule has 1 aromatic carbocycles. The Bertz CT molecular complexity index is 1470. The van der Waals surface area contributed by atoms with Crippen molar-refractivity contribution in [3.63, 3.8) is 0 Å². The topological polar surface area (TPSA) is 112 Å². The van der Waals surface area contributed by atoms with Crippen LogP contribution in [0.5, 0.6) is 0 Å². The maximum atomic E-state index is 13.3. The molecule has 5 aliphatic heterocycles. The van der Waals surface area contributed by atoms with Crippen LogP contribution in [0, 0.1) is 0 Å². The Kier molecular flexibility index (Phi) is 8.23. The number of carbonyl (C=O) groups is 3. The van der Waals surface area contributed by atoms with E-state index in [9.17, 15) is 19.2 Å². The number of aromatic nitrogens is 2. The number of aryl methyl sites for hydroxylation is 1. The lowest BCUT2D eigenvalue weighted by Crippen LogP contribution is -2.54. The van der Waals surface area contributed by atoms with Gasteiger partial charge in [0.15, 0.2) is 0 Å². The fraction of sp³-hybridized carbons (Fsp3) is 0.688. The summed E-state index contributed by atoms with van der Waals surface area (Å²) in [6, 6.07) is 6.85. The number of hydrogen-bond acceptors (Lipinski definition) is 8. The van der Waals surface area contributed by atoms with Gasteiger partial charge in [0.25, 0.3) is 0 Å². The van der Waals surface area contributed by atoms with Crippen LogP contribution in [0.4, 0.5) is 4.79 Å². The summed E-state index contributed by atoms with van der Waals surface area (Å²) in [6.07, 6.45) is 7.49. The number of amides is 3. The van der Waals surface area contributed by atoms with Crippen LogP contribution in [0.15, 0.2) is 23.0 Å². The molecule has 0 radical (unpaired) electrons. The molecule has 12 nitrogen and oxygen atoms in total. The van der Waals surface area contributed by atoms with Crippen molar-refractivity contribution in [3.05, 3.63) is 34.2 Å². The molecule has 0 aliphatic carbocycles. The number of imide groups is 1. The zero-order chi connectivity index (χ0) is 30.4. The number of nitrogens with one attached hydrogen (secondary N) is 1. The van der Waals surface area contributed by atoms with Crippen molar-refractivity contribution < 1.29 is 19.1 Å². The van der Waals surface area contributed by atoms with E-state index in [0.29, 0.717) is 31.2 Å². The van der Waals surface area contributed by atoms with Gasteiger partial charge in [-0.3, -0.25) is 38.7 Å². The predicted octanol–water partition coefficient (Wildman–Crippen LogP) is 1.66. The highest BCUT2D eigenvalue weighted by Crippen LogP contribution is 2.32. The summed E-state index contributed by atoms with van der Waals surface area (Å²) >= 11 is 0. The quantitative estimate of drug-likeness (QED) is 0.494. The molecule has 12 heteroatoms. The summed E-state index contributed by atoms with van der Waals surface area (Å²) in [4.78, 5) is 59.8. The van der Waals surface area contributed by atoms with Gasteiger partial charge < -0.3 is 9.64 Å². The molecule has 238 valence electrons. The third kappa shape index (κ3) is 5.56. The number of likely N-dealkylation sites (tertiary alicyclic amines) is 1. The molecule has 3 amide bonds. The van der Waals surface area contributed by atoms with Crippen LogP contribution in [0.1, 0.15) is 63.0 Å². The lowest BCUT2D eigenvalue weighted by molar-refractivity contribution is -0.135. The molecule has 2 unspecified atom stereocenters. The molecule has 1 N–H and O–H groups in total. The number of imidazole rings is 1. The predicted molar refractivity (Wildman–Crippen MR) is 164 cm³/mol. The lowest BCUT2D eigenvalue weighted by Gasteiger charge is -2.42. The molecule has 2 aromatic rings. The summed E-state index contributed by atoms with van der Waals surface area (Å²) in [5.74, 6) is -0.701. The Labute approximate surface area is 257 Å². The van der Waals surface area contributed by atoms with Crippen LogP contribution in [0.25, 0.3) is 11.0 Å². The number of piperazine rings is 1. The second kappa shape index (κ2) is 12.3. The summed E-state index contributed by atoms with van der Waals surface area (Å²) in [5.41, 5.74) is 2.42. The van der Waals surface area contributed by atoms with E-state index in [1.54, 1.807) is 16.2 Å². The molecule has 44 heavy (non-hydrogen) atoms. The number of benzene rings is 1. The van der Waals surface area contributed by atoms with Crippen LogP contribution in [-0.4, -0.2) is 117 Å². The number of hydrogen-bond donors (Lipinski definition) is 1. The summed E-state index contributed by atoms with van der Waals surface area (Å²) in [7, 11) is 1.76. The van der Waals surface area contributed by atoms with Crippen molar-refractivity contribution in [2.45, 2.75) is 82.1 Å². The van der Waals surface area contributed by atoms with E-state index in [-0.39, 0.29) is 24.1 Å². The van der Waals surface area contributed by atoms with Crippen molar-refractivity contribution in [3.8, 4) is 0 Å². The van der Waals surface area contributed by atoms with E-state index in [4.69, 9.17) is 4.74 Å². The SMILES string of the molecule is Cn1c(=O)n(C2CCC(=O)NC2=O)c2cccc(CN3CCC(N4CCN(C(=O)OC[C@@H]5CCC6CCCN65)CC4)CC3)c21. The smallest absolute Gasteiger partial charge is 0.409 e. The molecule has 0 spiro atoms. The zero-order valence-electron chi connectivity index (χ0n) is 25.8. The molecule has 6 heterocycles. The minimum Gasteiger partial charge on any atom is -0.448 e. The minimum atomic E-state index is -0.679. The van der Waals surface area contributed by atoms with Gasteiger partial charge in [0.1, 0.15) is 12.6 Å². The first kappa shape index (κ1) is 29.5. The number of ether oxygens (including phenoxy) is 1. The Morgan fingerprint density at radius 2 is 1.70 bits per heavy atom. The molecule has 5 saturated heterocycles. The van der Waals surface area contributed by atoms with Gasteiger partial charge in [-0.05, 0) is 76.2 Å². The second-order valence-electron chi connectivity index (χ2n) is 13.3. The molecular formula is C32H45N7O5. The van der Waals surface area contributed by atoms with E-state index >= 15 is 0 Å². The van der Waals surface area contributed by atoms with Crippen LogP contribution in [0.3, 0.4) is 0 Å². The highest BCUT2D eigenvalue weighted by Gasteiger charge is 2.38. The Hall–Kier alpha value is -3.22. The van der Waals surface area contributed by atoms with E-state index in [2.05, 4.69) is 26.1 Å². The average Bonchev–Trinajstić information content (AvgIpc) is 3.72. The van der Waals surface area contributed by atoms with Crippen LogP contribution >= 0.6 is 0 Å². The molecule has 1 aromatic heterocycles. The Morgan fingerprint density at radius 1 is 0.909 bits per heavy atom. The number of nitrogens with zero attached hydrogens (tertiary/aromatic N) is 6. The van der Waals surface area contributed by atoms with Gasteiger partial charge in [0.05, 0.1) is 11.0 Å². The number of fused-ring (bicyclic) bond motifs is 2. The molecular weight excluding hydrogens is 562 g/mol. The summed E-state index contributed by atoms with van der Waals surface area (Å²) in [6.45, 7) is 7.53. The minimum absolute atomic E-state index is 0.155. The van der Waals surface area contributed by atoms with Crippen molar-refractivity contribution in [1.82, 2.24) is 34.1 Å². The molecule has 7 rings (SSSR count). The first-order valence-corrected chi connectivity index (χ1v) is 16.5. The van der Waals surface area contributed by atoms with Gasteiger partial charge >= 0.3 is 11.8 Å². The highest BCUT2D eigenvalue weighted by molar-refractivity contribution is 6.00. The maximum absolute atomic E-state index is 13.3. The van der Waals surface area contributed by atoms with E-state index in [1.807, 2.05) is 17.0 Å². The molecule has 3 atom stereocenters. The van der Waals surface area contributed by atoms with E-state index < -0.39 is 11.9 Å². The van der Waals surface area contributed by atoms with E-state index in [0.717, 1.165) is 88.2 Å². The van der Waals surface area contributed by atoms with Gasteiger partial charge in [0.2, 0.25) is 11.8 Å². The fourth-order valence-electron chi connectivity index (χ4n) is 8.47. The maximum Gasteiger partial charge on any atom is 0.409 e. The molecule has 0 saturated carbocycles. The fourth-order valence-corrected chi connectivity index (χ4v) is 8.47. The highest BCUT2D eigenvalue weighted by atomic mass is 16.6. The summed E-state index contributed by atoms with van der Waals surface area (Å²) in [5, 5.41) is 2.38. The van der Waals surface area contributed by atoms with Crippen LogP contribution in [-0.2, 0) is 27.9 Å². The van der Waals surface area contributed by atoms with Gasteiger partial charge in [-0.2, -0.15) is 0 Å². The monoisotopic (exact) mass is 607 g/mol. The largest absolute Gasteiger partial charge is 0.448 e. The van der Waals surface area contributed by atoms with Crippen LogP contribution in [0.2, 0.25) is 0 Å². The Morgan fingerprint density at radius 3 is 2.48 bits per heavy atom. The van der Waals surface area contributed by atoms with Crippen LogP contribution < -0.4 is 11.0 Å². The normalized spacial score (nSPS) is 27.7. The average molecular weight is 608 g/mol.